The second kappa shape index (κ2) is 13.0. The SMILES string of the molecule is Cl.Cl.O=C(CC1CSCCN1)N1CCN(CCOc2ccccc2Cl)CC1. The Bertz CT molecular complexity index is 569. The molecule has 2 aliphatic rings. The minimum atomic E-state index is 0. The van der Waals surface area contributed by atoms with Crippen molar-refractivity contribution < 1.29 is 9.53 Å². The van der Waals surface area contributed by atoms with Crippen LogP contribution in [-0.4, -0.2) is 79.1 Å². The van der Waals surface area contributed by atoms with E-state index in [1.54, 1.807) is 0 Å². The Morgan fingerprint density at radius 3 is 2.63 bits per heavy atom. The first kappa shape index (κ1) is 24.7. The van der Waals surface area contributed by atoms with Gasteiger partial charge in [0.2, 0.25) is 5.91 Å². The quantitative estimate of drug-likeness (QED) is 0.713. The number of hydrogen-bond acceptors (Lipinski definition) is 5. The average Bonchev–Trinajstić information content (AvgIpc) is 2.65. The Balaban J connectivity index is 0.00000182. The van der Waals surface area contributed by atoms with Crippen LogP contribution < -0.4 is 10.1 Å². The number of carbonyl (C=O) groups is 1. The van der Waals surface area contributed by atoms with Gasteiger partial charge in [0.15, 0.2) is 0 Å². The fourth-order valence-electron chi connectivity index (χ4n) is 3.16. The average molecular weight is 457 g/mol. The Morgan fingerprint density at radius 2 is 1.96 bits per heavy atom. The molecule has 27 heavy (non-hydrogen) atoms. The number of ether oxygens (including phenoxy) is 1. The molecule has 2 saturated heterocycles. The Morgan fingerprint density at radius 1 is 1.22 bits per heavy atom. The maximum absolute atomic E-state index is 12.4. The third-order valence-electron chi connectivity index (χ3n) is 4.65. The van der Waals surface area contributed by atoms with Gasteiger partial charge in [-0.2, -0.15) is 11.8 Å². The molecule has 2 aliphatic heterocycles. The number of halogens is 3. The molecule has 0 spiro atoms. The first-order valence-electron chi connectivity index (χ1n) is 8.91. The summed E-state index contributed by atoms with van der Waals surface area (Å²) >= 11 is 8.03. The lowest BCUT2D eigenvalue weighted by atomic mass is 10.2. The van der Waals surface area contributed by atoms with Crippen molar-refractivity contribution in [1.29, 1.82) is 0 Å². The summed E-state index contributed by atoms with van der Waals surface area (Å²) in [5, 5.41) is 4.09. The van der Waals surface area contributed by atoms with Gasteiger partial charge in [-0.25, -0.2) is 0 Å². The smallest absolute Gasteiger partial charge is 0.224 e. The van der Waals surface area contributed by atoms with Gasteiger partial charge in [-0.3, -0.25) is 9.69 Å². The highest BCUT2D eigenvalue weighted by atomic mass is 35.5. The molecule has 2 fully saturated rings. The molecule has 2 heterocycles. The van der Waals surface area contributed by atoms with Crippen LogP contribution >= 0.6 is 48.2 Å². The number of amides is 1. The lowest BCUT2D eigenvalue weighted by molar-refractivity contribution is -0.133. The van der Waals surface area contributed by atoms with Gasteiger partial charge in [0, 0.05) is 63.2 Å². The highest BCUT2D eigenvalue weighted by Crippen LogP contribution is 2.23. The van der Waals surface area contributed by atoms with Crippen molar-refractivity contribution in [2.45, 2.75) is 12.5 Å². The van der Waals surface area contributed by atoms with E-state index in [0.717, 1.165) is 56.5 Å². The molecule has 0 aromatic heterocycles. The number of nitrogens with one attached hydrogen (secondary N) is 1. The van der Waals surface area contributed by atoms with Gasteiger partial charge in [-0.1, -0.05) is 23.7 Å². The normalized spacial score (nSPS) is 20.3. The fraction of sp³-hybridized carbons (Fsp3) is 0.611. The third-order valence-corrected chi connectivity index (χ3v) is 6.09. The van der Waals surface area contributed by atoms with Gasteiger partial charge < -0.3 is 15.0 Å². The minimum Gasteiger partial charge on any atom is -0.491 e. The zero-order chi connectivity index (χ0) is 17.5. The lowest BCUT2D eigenvalue weighted by Gasteiger charge is -2.35. The van der Waals surface area contributed by atoms with E-state index in [1.807, 2.05) is 40.9 Å². The molecule has 1 amide bonds. The number of carbonyl (C=O) groups excluding carboxylic acids is 1. The van der Waals surface area contributed by atoms with Crippen molar-refractivity contribution in [1.82, 2.24) is 15.1 Å². The summed E-state index contributed by atoms with van der Waals surface area (Å²) < 4.78 is 5.75. The zero-order valence-electron chi connectivity index (χ0n) is 15.3. The molecule has 3 rings (SSSR count). The molecule has 1 N–H and O–H groups in total. The maximum atomic E-state index is 12.4. The van der Waals surface area contributed by atoms with Gasteiger partial charge in [0.25, 0.3) is 0 Å². The summed E-state index contributed by atoms with van der Waals surface area (Å²) in [7, 11) is 0. The fourth-order valence-corrected chi connectivity index (χ4v) is 4.30. The Kier molecular flexibility index (Phi) is 11.8. The van der Waals surface area contributed by atoms with Crippen LogP contribution in [0.3, 0.4) is 0 Å². The van der Waals surface area contributed by atoms with Crippen LogP contribution in [0.15, 0.2) is 24.3 Å². The minimum absolute atomic E-state index is 0. The number of thioether (sulfide) groups is 1. The molecule has 1 aromatic rings. The molecular weight excluding hydrogens is 429 g/mol. The van der Waals surface area contributed by atoms with Gasteiger partial charge in [-0.05, 0) is 12.1 Å². The standard InChI is InChI=1S/C18H26ClN3O2S.2ClH/c19-16-3-1-2-4-17(16)24-11-10-21-6-8-22(9-7-21)18(23)13-15-14-25-12-5-20-15;;/h1-4,15,20H,5-14H2;2*1H. The van der Waals surface area contributed by atoms with E-state index in [2.05, 4.69) is 10.2 Å². The number of benzene rings is 1. The number of para-hydroxylation sites is 1. The van der Waals surface area contributed by atoms with E-state index in [9.17, 15) is 4.79 Å². The summed E-state index contributed by atoms with van der Waals surface area (Å²) in [6.45, 7) is 5.92. The lowest BCUT2D eigenvalue weighted by Crippen LogP contribution is -2.51. The monoisotopic (exact) mass is 455 g/mol. The molecular formula is C18H28Cl3N3O2S. The highest BCUT2D eigenvalue weighted by molar-refractivity contribution is 7.99. The van der Waals surface area contributed by atoms with Crippen LogP contribution in [0.2, 0.25) is 5.02 Å². The molecule has 0 aliphatic carbocycles. The highest BCUT2D eigenvalue weighted by Gasteiger charge is 2.24. The summed E-state index contributed by atoms with van der Waals surface area (Å²) in [5.74, 6) is 3.22. The Labute approximate surface area is 183 Å². The molecule has 0 radical (unpaired) electrons. The number of hydrogen-bond donors (Lipinski definition) is 1. The van der Waals surface area contributed by atoms with E-state index in [4.69, 9.17) is 16.3 Å². The molecule has 9 heteroatoms. The van der Waals surface area contributed by atoms with E-state index in [-0.39, 0.29) is 30.7 Å². The van der Waals surface area contributed by atoms with Gasteiger partial charge in [-0.15, -0.1) is 24.8 Å². The summed E-state index contributed by atoms with van der Waals surface area (Å²) in [6, 6.07) is 7.88. The van der Waals surface area contributed by atoms with E-state index in [0.29, 0.717) is 24.1 Å². The first-order chi connectivity index (χ1) is 12.2. The van der Waals surface area contributed by atoms with Crippen LogP contribution in [0.4, 0.5) is 0 Å². The predicted octanol–water partition coefficient (Wildman–Crippen LogP) is 2.80. The van der Waals surface area contributed by atoms with Crippen molar-refractivity contribution in [3.05, 3.63) is 29.3 Å². The van der Waals surface area contributed by atoms with Crippen molar-refractivity contribution in [2.24, 2.45) is 0 Å². The number of nitrogens with zero attached hydrogens (tertiary/aromatic N) is 2. The molecule has 1 unspecified atom stereocenters. The topological polar surface area (TPSA) is 44.8 Å². The predicted molar refractivity (Wildman–Crippen MR) is 118 cm³/mol. The van der Waals surface area contributed by atoms with E-state index in [1.165, 1.54) is 0 Å². The molecule has 1 atom stereocenters. The zero-order valence-corrected chi connectivity index (χ0v) is 18.5. The van der Waals surface area contributed by atoms with Gasteiger partial charge >= 0.3 is 0 Å². The van der Waals surface area contributed by atoms with E-state index >= 15 is 0 Å². The van der Waals surface area contributed by atoms with Gasteiger partial charge in [0.05, 0.1) is 5.02 Å². The Hall–Kier alpha value is -0.370. The number of rotatable bonds is 6. The molecule has 5 nitrogen and oxygen atoms in total. The van der Waals surface area contributed by atoms with Crippen LogP contribution in [0.1, 0.15) is 6.42 Å². The summed E-state index contributed by atoms with van der Waals surface area (Å²) in [6.07, 6.45) is 0.628. The second-order valence-electron chi connectivity index (χ2n) is 6.43. The van der Waals surface area contributed by atoms with Crippen LogP contribution in [-0.2, 0) is 4.79 Å². The summed E-state index contributed by atoms with van der Waals surface area (Å²) in [5.41, 5.74) is 0. The van der Waals surface area contributed by atoms with Crippen molar-refractivity contribution in [3.63, 3.8) is 0 Å². The number of piperazine rings is 1. The van der Waals surface area contributed by atoms with E-state index < -0.39 is 0 Å². The van der Waals surface area contributed by atoms with Crippen molar-refractivity contribution >= 4 is 54.1 Å². The van der Waals surface area contributed by atoms with Crippen molar-refractivity contribution in [3.8, 4) is 5.75 Å². The maximum Gasteiger partial charge on any atom is 0.224 e. The molecule has 0 bridgehead atoms. The molecule has 0 saturated carbocycles. The van der Waals surface area contributed by atoms with Crippen LogP contribution in [0, 0.1) is 0 Å². The third kappa shape index (κ3) is 7.87. The second-order valence-corrected chi connectivity index (χ2v) is 7.99. The molecule has 154 valence electrons. The largest absolute Gasteiger partial charge is 0.491 e. The van der Waals surface area contributed by atoms with Crippen molar-refractivity contribution in [2.75, 3.05) is 57.4 Å². The molecule has 1 aromatic carbocycles. The van der Waals surface area contributed by atoms with Gasteiger partial charge in [0.1, 0.15) is 12.4 Å². The van der Waals surface area contributed by atoms with Crippen LogP contribution in [0.25, 0.3) is 0 Å². The van der Waals surface area contributed by atoms with Crippen LogP contribution in [0.5, 0.6) is 5.75 Å². The summed E-state index contributed by atoms with van der Waals surface area (Å²) in [4.78, 5) is 16.8. The first-order valence-corrected chi connectivity index (χ1v) is 10.4.